The molecule has 2 atom stereocenters. The Bertz CT molecular complexity index is 1880. The highest BCUT2D eigenvalue weighted by atomic mass is 19.1. The Kier molecular flexibility index (Phi) is 12.4. The van der Waals surface area contributed by atoms with Crippen LogP contribution >= 0.6 is 0 Å². The molecule has 2 N–H and O–H groups in total. The van der Waals surface area contributed by atoms with Crippen LogP contribution in [0.5, 0.6) is 0 Å². The maximum Gasteiger partial charge on any atom is 0.407 e. The van der Waals surface area contributed by atoms with Crippen LogP contribution in [0.15, 0.2) is 48.5 Å². The van der Waals surface area contributed by atoms with Gasteiger partial charge in [-0.2, -0.15) is 5.10 Å². The molecule has 12 heteroatoms. The van der Waals surface area contributed by atoms with E-state index in [1.807, 2.05) is 56.0 Å². The van der Waals surface area contributed by atoms with Crippen molar-refractivity contribution in [2.24, 2.45) is 0 Å². The van der Waals surface area contributed by atoms with E-state index in [-0.39, 0.29) is 30.0 Å². The first-order valence-electron chi connectivity index (χ1n) is 18.3. The number of para-hydroxylation sites is 1. The molecule has 5 rings (SSSR count). The van der Waals surface area contributed by atoms with Gasteiger partial charge in [0.1, 0.15) is 17.1 Å². The lowest BCUT2D eigenvalue weighted by Gasteiger charge is -2.35. The number of hydrogen-bond donors (Lipinski definition) is 2. The van der Waals surface area contributed by atoms with Gasteiger partial charge in [0.2, 0.25) is 5.91 Å². The van der Waals surface area contributed by atoms with Crippen molar-refractivity contribution < 1.29 is 28.2 Å². The molecule has 280 valence electrons. The van der Waals surface area contributed by atoms with Gasteiger partial charge in [-0.15, -0.1) is 0 Å². The number of methoxy groups -OCH3 is 1. The summed E-state index contributed by atoms with van der Waals surface area (Å²) >= 11 is 0. The van der Waals surface area contributed by atoms with E-state index in [0.29, 0.717) is 56.1 Å². The van der Waals surface area contributed by atoms with Crippen LogP contribution in [0.25, 0.3) is 10.9 Å². The molecule has 0 saturated carbocycles. The zero-order valence-corrected chi connectivity index (χ0v) is 31.6. The Morgan fingerprint density at radius 2 is 1.85 bits per heavy atom. The number of halogens is 1. The van der Waals surface area contributed by atoms with Gasteiger partial charge in [-0.05, 0) is 103 Å². The predicted octanol–water partition coefficient (Wildman–Crippen LogP) is 7.13. The van der Waals surface area contributed by atoms with Gasteiger partial charge >= 0.3 is 6.09 Å². The van der Waals surface area contributed by atoms with Crippen LogP contribution in [0.2, 0.25) is 0 Å². The number of alkyl carbamates (subject to hydrolysis) is 1. The molecule has 4 aromatic rings. The number of fused-ring (bicyclic) bond motifs is 1. The first-order chi connectivity index (χ1) is 24.8. The highest BCUT2D eigenvalue weighted by Gasteiger charge is 2.31. The van der Waals surface area contributed by atoms with Crippen LogP contribution in [-0.4, -0.2) is 75.6 Å². The molecule has 2 aromatic carbocycles. The van der Waals surface area contributed by atoms with Crippen molar-refractivity contribution in [1.82, 2.24) is 24.6 Å². The van der Waals surface area contributed by atoms with Crippen molar-refractivity contribution in [3.63, 3.8) is 0 Å². The Labute approximate surface area is 305 Å². The molecular formula is C40H53FN6O5. The van der Waals surface area contributed by atoms with Crippen LogP contribution in [0, 0.1) is 19.7 Å². The van der Waals surface area contributed by atoms with E-state index >= 15 is 4.39 Å². The van der Waals surface area contributed by atoms with Crippen LogP contribution in [0.1, 0.15) is 92.3 Å². The van der Waals surface area contributed by atoms with Gasteiger partial charge in [0.25, 0.3) is 5.91 Å². The molecule has 1 saturated heterocycles. The van der Waals surface area contributed by atoms with E-state index in [2.05, 4.69) is 20.3 Å². The van der Waals surface area contributed by atoms with Crippen LogP contribution < -0.4 is 10.6 Å². The summed E-state index contributed by atoms with van der Waals surface area (Å²) in [6.45, 7) is 14.1. The van der Waals surface area contributed by atoms with Crippen molar-refractivity contribution in [3.05, 3.63) is 82.6 Å². The number of aromatic nitrogens is 3. The Morgan fingerprint density at radius 3 is 2.54 bits per heavy atom. The van der Waals surface area contributed by atoms with Gasteiger partial charge in [-0.1, -0.05) is 24.3 Å². The topological polar surface area (TPSA) is 120 Å². The number of piperidine rings is 1. The van der Waals surface area contributed by atoms with E-state index in [4.69, 9.17) is 9.47 Å². The number of hydrogen-bond acceptors (Lipinski definition) is 6. The Morgan fingerprint density at radius 1 is 1.10 bits per heavy atom. The first-order valence-corrected chi connectivity index (χ1v) is 18.3. The summed E-state index contributed by atoms with van der Waals surface area (Å²) in [5.41, 5.74) is 4.77. The maximum atomic E-state index is 15.2. The molecule has 3 heterocycles. The third-order valence-corrected chi connectivity index (χ3v) is 9.50. The number of nitrogens with one attached hydrogen (secondary N) is 2. The fraction of sp³-hybridized carbons (Fsp3) is 0.500. The third kappa shape index (κ3) is 9.39. The molecular weight excluding hydrogens is 663 g/mol. The number of aryl methyl sites for hydroxylation is 4. The number of anilines is 1. The molecule has 52 heavy (non-hydrogen) atoms. The summed E-state index contributed by atoms with van der Waals surface area (Å²) in [6, 6.07) is 13.8. The number of likely N-dealkylation sites (tertiary alicyclic amines) is 1. The SMILES string of the molecule is CCn1nc(C)cc1C(=O)Nc1ccc(CC(CC(=O)N2CCCC(c3c(C)c4cccc(F)c4n3CCCOC)C2)NC(=O)OC(C)(C)C)cc1. The minimum atomic E-state index is -0.705. The van der Waals surface area contributed by atoms with Crippen molar-refractivity contribution in [2.75, 3.05) is 32.1 Å². The van der Waals surface area contributed by atoms with E-state index < -0.39 is 17.7 Å². The standard InChI is InChI=1S/C40H53FN6O5/c1-8-47-34(22-26(2)44-47)38(49)42-30-17-15-28(16-18-30)23-31(43-39(50)52-40(4,5)6)24-35(48)45-19-10-12-29(25-45)36-27(3)32-13-9-14-33(41)37(32)46(36)20-11-21-51-7/h9,13-18,22,29,31H,8,10-12,19-21,23-25H2,1-7H3,(H,42,49)(H,43,50). The molecule has 0 radical (unpaired) electrons. The summed E-state index contributed by atoms with van der Waals surface area (Å²) in [6.07, 6.45) is 2.31. The van der Waals surface area contributed by atoms with Gasteiger partial charge < -0.3 is 29.6 Å². The fourth-order valence-corrected chi connectivity index (χ4v) is 7.27. The molecule has 3 amide bonds. The lowest BCUT2D eigenvalue weighted by atomic mass is 9.91. The zero-order valence-electron chi connectivity index (χ0n) is 31.6. The monoisotopic (exact) mass is 716 g/mol. The molecule has 0 aliphatic carbocycles. The number of ether oxygens (including phenoxy) is 2. The van der Waals surface area contributed by atoms with Crippen LogP contribution in [-0.2, 0) is 33.8 Å². The van der Waals surface area contributed by atoms with Crippen molar-refractivity contribution >= 4 is 34.5 Å². The number of rotatable bonds is 13. The Hall–Kier alpha value is -4.71. The molecule has 1 aliphatic rings. The molecule has 2 aromatic heterocycles. The number of carbonyl (C=O) groups excluding carboxylic acids is 3. The molecule has 1 fully saturated rings. The summed E-state index contributed by atoms with van der Waals surface area (Å²) in [4.78, 5) is 41.8. The van der Waals surface area contributed by atoms with Gasteiger partial charge in [-0.25, -0.2) is 9.18 Å². The summed E-state index contributed by atoms with van der Waals surface area (Å²) in [7, 11) is 1.66. The van der Waals surface area contributed by atoms with Crippen molar-refractivity contribution in [2.45, 2.75) is 104 Å². The normalized spacial score (nSPS) is 15.5. The highest BCUT2D eigenvalue weighted by Crippen LogP contribution is 2.37. The zero-order chi connectivity index (χ0) is 37.6. The fourth-order valence-electron chi connectivity index (χ4n) is 7.27. The number of amides is 3. The summed E-state index contributed by atoms with van der Waals surface area (Å²) in [5.74, 6) is -0.533. The van der Waals surface area contributed by atoms with E-state index in [0.717, 1.165) is 47.2 Å². The van der Waals surface area contributed by atoms with Gasteiger partial charge in [0.05, 0.1) is 11.2 Å². The molecule has 2 unspecified atom stereocenters. The average molecular weight is 717 g/mol. The first kappa shape index (κ1) is 38.5. The summed E-state index contributed by atoms with van der Waals surface area (Å²) in [5, 5.41) is 11.1. The number of benzene rings is 2. The Balaban J connectivity index is 1.31. The maximum absolute atomic E-state index is 15.2. The van der Waals surface area contributed by atoms with Crippen molar-refractivity contribution in [3.8, 4) is 0 Å². The van der Waals surface area contributed by atoms with Crippen LogP contribution in [0.4, 0.5) is 14.9 Å². The quantitative estimate of drug-likeness (QED) is 0.142. The van der Waals surface area contributed by atoms with Gasteiger partial charge in [0, 0.05) is 75.0 Å². The van der Waals surface area contributed by atoms with Crippen molar-refractivity contribution in [1.29, 1.82) is 0 Å². The van der Waals surface area contributed by atoms with Gasteiger partial charge in [-0.3, -0.25) is 14.3 Å². The third-order valence-electron chi connectivity index (χ3n) is 9.50. The minimum Gasteiger partial charge on any atom is -0.444 e. The number of carbonyl (C=O) groups is 3. The molecule has 0 bridgehead atoms. The average Bonchev–Trinajstić information content (AvgIpc) is 3.62. The second-order valence-corrected chi connectivity index (χ2v) is 14.7. The molecule has 0 spiro atoms. The number of nitrogens with zero attached hydrogens (tertiary/aromatic N) is 4. The molecule has 11 nitrogen and oxygen atoms in total. The minimum absolute atomic E-state index is 0.0342. The van der Waals surface area contributed by atoms with E-state index in [1.165, 1.54) is 6.07 Å². The van der Waals surface area contributed by atoms with E-state index in [1.54, 1.807) is 44.7 Å². The van der Waals surface area contributed by atoms with Crippen LogP contribution in [0.3, 0.4) is 0 Å². The summed E-state index contributed by atoms with van der Waals surface area (Å²) < 4.78 is 29.9. The predicted molar refractivity (Wildman–Crippen MR) is 200 cm³/mol. The molecule has 1 aliphatic heterocycles. The second-order valence-electron chi connectivity index (χ2n) is 14.7. The van der Waals surface area contributed by atoms with Gasteiger partial charge in [0.15, 0.2) is 0 Å². The second kappa shape index (κ2) is 16.8. The largest absolute Gasteiger partial charge is 0.444 e. The highest BCUT2D eigenvalue weighted by molar-refractivity contribution is 6.03. The lowest BCUT2D eigenvalue weighted by Crippen LogP contribution is -2.46. The van der Waals surface area contributed by atoms with E-state index in [9.17, 15) is 14.4 Å². The lowest BCUT2D eigenvalue weighted by molar-refractivity contribution is -0.132. The smallest absolute Gasteiger partial charge is 0.407 e.